The molecule has 0 spiro atoms. The van der Waals surface area contributed by atoms with Gasteiger partial charge in [-0.2, -0.15) is 4.73 Å². The van der Waals surface area contributed by atoms with Gasteiger partial charge >= 0.3 is 0 Å². The van der Waals surface area contributed by atoms with Crippen molar-refractivity contribution in [3.05, 3.63) is 89.7 Å². The van der Waals surface area contributed by atoms with Crippen molar-refractivity contribution < 1.29 is 14.3 Å². The zero-order valence-corrected chi connectivity index (χ0v) is 24.0. The summed E-state index contributed by atoms with van der Waals surface area (Å²) in [5.41, 5.74) is 0.706. The molecule has 1 saturated heterocycles. The fraction of sp³-hybridized carbons (Fsp3) is 0.515. The van der Waals surface area contributed by atoms with Crippen LogP contribution in [0.25, 0.3) is 0 Å². The summed E-state index contributed by atoms with van der Waals surface area (Å²) in [5, 5.41) is 11.9. The lowest BCUT2D eigenvalue weighted by molar-refractivity contribution is -0.608. The van der Waals surface area contributed by atoms with Gasteiger partial charge < -0.3 is 10.1 Å². The third-order valence-electron chi connectivity index (χ3n) is 6.88. The Kier molecular flexibility index (Phi) is 16.2. The molecule has 1 aromatic heterocycles. The maximum absolute atomic E-state index is 12.6. The molecule has 0 N–H and O–H groups in total. The number of amides is 1. The molecule has 0 aromatic carbocycles. The minimum atomic E-state index is -0.161. The van der Waals surface area contributed by atoms with Gasteiger partial charge in [0.2, 0.25) is 17.9 Å². The summed E-state index contributed by atoms with van der Waals surface area (Å²) in [4.78, 5) is 31.0. The molecule has 0 aliphatic carbocycles. The van der Waals surface area contributed by atoms with Crippen LogP contribution in [-0.2, 0) is 4.79 Å². The highest BCUT2D eigenvalue weighted by atomic mass is 16.5. The Morgan fingerprint density at radius 2 is 1.49 bits per heavy atom. The molecule has 6 heteroatoms. The monoisotopic (exact) mass is 533 g/mol. The maximum atomic E-state index is 12.6. The number of unbranched alkanes of at least 4 members (excludes halogenated alkanes) is 1. The van der Waals surface area contributed by atoms with Crippen molar-refractivity contribution in [1.29, 1.82) is 0 Å². The number of ketones is 1. The molecule has 0 radical (unpaired) electrons. The van der Waals surface area contributed by atoms with E-state index in [2.05, 4.69) is 72.7 Å². The van der Waals surface area contributed by atoms with E-state index >= 15 is 0 Å². The fourth-order valence-corrected chi connectivity index (χ4v) is 4.52. The number of hydrogen-bond acceptors (Lipinski definition) is 4. The second-order valence-electron chi connectivity index (χ2n) is 10.1. The highest BCUT2D eigenvalue weighted by molar-refractivity contribution is 5.92. The number of allylic oxidation sites excluding steroid dienone is 10. The Hall–Kier alpha value is -3.28. The molecule has 6 nitrogen and oxygen atoms in total. The van der Waals surface area contributed by atoms with Crippen LogP contribution < -0.4 is 4.73 Å². The van der Waals surface area contributed by atoms with Crippen molar-refractivity contribution >= 4 is 11.7 Å². The summed E-state index contributed by atoms with van der Waals surface area (Å²) >= 11 is 0. The highest BCUT2D eigenvalue weighted by Gasteiger charge is 2.24. The first kappa shape index (κ1) is 31.9. The summed E-state index contributed by atoms with van der Waals surface area (Å²) in [6.45, 7) is 5.39. The van der Waals surface area contributed by atoms with E-state index in [0.29, 0.717) is 29.2 Å². The molecule has 0 unspecified atom stereocenters. The Bertz CT molecular complexity index is 1020. The standard InChI is InChI=1S/C33H47N3O3/c1-3-4-5-6-7-8-9-10-11-12-13-14-15-16-17-18-19-20-33(38)35-25-23-30(24-26-35)21-22-32(37)31-27-34-29(2)28-36(31)39/h4-5,7-8,10-11,13-14,16-17,27-28,30H,3,6,9,12,15,18-26H2,1-2H3/b5-4-,8-7-,11-10-,14-13-,17-16-. The molecule has 1 fully saturated rings. The van der Waals surface area contributed by atoms with Crippen molar-refractivity contribution in [3.63, 3.8) is 0 Å². The molecular formula is C33H47N3O3. The quantitative estimate of drug-likeness (QED) is 0.0700. The van der Waals surface area contributed by atoms with Crippen LogP contribution in [0.1, 0.15) is 100 Å². The third kappa shape index (κ3) is 13.9. The molecule has 2 rings (SSSR count). The number of carbonyl (C=O) groups is 2. The molecule has 1 aliphatic rings. The van der Waals surface area contributed by atoms with E-state index in [1.54, 1.807) is 6.92 Å². The molecule has 39 heavy (non-hydrogen) atoms. The van der Waals surface area contributed by atoms with Gasteiger partial charge in [-0.25, -0.2) is 4.98 Å². The molecule has 1 aromatic rings. The van der Waals surface area contributed by atoms with Gasteiger partial charge in [0.25, 0.3) is 5.69 Å². The molecule has 1 aliphatic heterocycles. The van der Waals surface area contributed by atoms with Crippen LogP contribution in [0.2, 0.25) is 0 Å². The van der Waals surface area contributed by atoms with Gasteiger partial charge in [0.05, 0.1) is 0 Å². The first-order chi connectivity index (χ1) is 19.0. The summed E-state index contributed by atoms with van der Waals surface area (Å²) < 4.78 is 0.617. The van der Waals surface area contributed by atoms with E-state index in [4.69, 9.17) is 0 Å². The van der Waals surface area contributed by atoms with Crippen LogP contribution in [-0.4, -0.2) is 34.7 Å². The number of Topliss-reactive ketones (excluding diaryl/α,β-unsaturated/α-hetero) is 1. The Balaban J connectivity index is 1.49. The maximum Gasteiger partial charge on any atom is 0.278 e. The van der Waals surface area contributed by atoms with Crippen LogP contribution in [0.4, 0.5) is 0 Å². The van der Waals surface area contributed by atoms with Gasteiger partial charge in [0, 0.05) is 25.9 Å². The summed E-state index contributed by atoms with van der Waals surface area (Å²) in [7, 11) is 0. The molecular weight excluding hydrogens is 486 g/mol. The summed E-state index contributed by atoms with van der Waals surface area (Å²) in [6.07, 6.45) is 34.9. The van der Waals surface area contributed by atoms with Gasteiger partial charge in [0.15, 0.2) is 0 Å². The number of rotatable bonds is 17. The number of nitrogens with zero attached hydrogens (tertiary/aromatic N) is 3. The van der Waals surface area contributed by atoms with Gasteiger partial charge in [-0.1, -0.05) is 67.7 Å². The second kappa shape index (κ2) is 19.7. The van der Waals surface area contributed by atoms with Crippen molar-refractivity contribution in [2.45, 2.75) is 90.9 Å². The van der Waals surface area contributed by atoms with Crippen LogP contribution >= 0.6 is 0 Å². The molecule has 2 heterocycles. The number of aromatic nitrogens is 2. The topological polar surface area (TPSA) is 77.2 Å². The minimum absolute atomic E-state index is 0.112. The van der Waals surface area contributed by atoms with Gasteiger partial charge in [-0.3, -0.25) is 9.59 Å². The number of aryl methyl sites for hydroxylation is 1. The fourth-order valence-electron chi connectivity index (χ4n) is 4.52. The summed E-state index contributed by atoms with van der Waals surface area (Å²) in [6, 6.07) is 0. The Morgan fingerprint density at radius 3 is 2.05 bits per heavy atom. The van der Waals surface area contributed by atoms with Crippen molar-refractivity contribution in [2.75, 3.05) is 13.1 Å². The lowest BCUT2D eigenvalue weighted by Crippen LogP contribution is -2.38. The smallest absolute Gasteiger partial charge is 0.278 e. The second-order valence-corrected chi connectivity index (χ2v) is 10.1. The molecule has 212 valence electrons. The zero-order valence-electron chi connectivity index (χ0n) is 24.0. The SMILES string of the molecule is CC/C=C\C/C=C\C/C=C\C/C=C\C/C=C\CCCC(=O)N1CCC(CCC(=O)c2cnc(C)c[n+]2[O-])CC1. The van der Waals surface area contributed by atoms with Crippen LogP contribution in [0.15, 0.2) is 73.2 Å². The van der Waals surface area contributed by atoms with Crippen molar-refractivity contribution in [3.8, 4) is 0 Å². The van der Waals surface area contributed by atoms with Gasteiger partial charge in [-0.15, -0.1) is 0 Å². The Morgan fingerprint density at radius 1 is 0.923 bits per heavy atom. The predicted octanol–water partition coefficient (Wildman–Crippen LogP) is 7.15. The first-order valence-electron chi connectivity index (χ1n) is 14.6. The van der Waals surface area contributed by atoms with E-state index in [1.165, 1.54) is 12.4 Å². The average Bonchev–Trinajstić information content (AvgIpc) is 2.93. The largest absolute Gasteiger partial charge is 0.618 e. The lowest BCUT2D eigenvalue weighted by Gasteiger charge is -2.32. The first-order valence-corrected chi connectivity index (χ1v) is 14.6. The minimum Gasteiger partial charge on any atom is -0.618 e. The lowest BCUT2D eigenvalue weighted by atomic mass is 9.91. The van der Waals surface area contributed by atoms with Crippen molar-refractivity contribution in [2.24, 2.45) is 5.92 Å². The van der Waals surface area contributed by atoms with E-state index in [0.717, 1.165) is 77.3 Å². The number of likely N-dealkylation sites (tertiary alicyclic amines) is 1. The Labute approximate surface area is 235 Å². The van der Waals surface area contributed by atoms with E-state index < -0.39 is 0 Å². The van der Waals surface area contributed by atoms with Crippen LogP contribution in [0.3, 0.4) is 0 Å². The van der Waals surface area contributed by atoms with E-state index in [1.807, 2.05) is 4.90 Å². The summed E-state index contributed by atoms with van der Waals surface area (Å²) in [5.74, 6) is 0.485. The molecule has 0 saturated carbocycles. The average molecular weight is 534 g/mol. The van der Waals surface area contributed by atoms with Crippen molar-refractivity contribution in [1.82, 2.24) is 9.88 Å². The number of piperidine rings is 1. The van der Waals surface area contributed by atoms with Gasteiger partial charge in [-0.05, 0) is 77.0 Å². The van der Waals surface area contributed by atoms with Crippen LogP contribution in [0, 0.1) is 18.0 Å². The molecule has 0 bridgehead atoms. The predicted molar refractivity (Wildman–Crippen MR) is 159 cm³/mol. The third-order valence-corrected chi connectivity index (χ3v) is 6.88. The van der Waals surface area contributed by atoms with E-state index in [-0.39, 0.29) is 17.4 Å². The van der Waals surface area contributed by atoms with Gasteiger partial charge in [0.1, 0.15) is 11.9 Å². The zero-order chi connectivity index (χ0) is 28.1. The molecule has 1 amide bonds. The van der Waals surface area contributed by atoms with E-state index in [9.17, 15) is 14.8 Å². The molecule has 0 atom stereocenters. The highest BCUT2D eigenvalue weighted by Crippen LogP contribution is 2.23. The normalized spacial score (nSPS) is 15.2. The number of hydrogen-bond donors (Lipinski definition) is 0. The van der Waals surface area contributed by atoms with Crippen LogP contribution in [0.5, 0.6) is 0 Å². The number of carbonyl (C=O) groups excluding carboxylic acids is 2.